The van der Waals surface area contributed by atoms with E-state index in [0.29, 0.717) is 5.75 Å². The van der Waals surface area contributed by atoms with Crippen LogP contribution in [0.3, 0.4) is 0 Å². The Morgan fingerprint density at radius 3 is 2.75 bits per heavy atom. The summed E-state index contributed by atoms with van der Waals surface area (Å²) in [5.41, 5.74) is 0.807. The molecule has 1 N–H and O–H groups in total. The van der Waals surface area contributed by atoms with Gasteiger partial charge in [-0.05, 0) is 60.7 Å². The van der Waals surface area contributed by atoms with Crippen LogP contribution in [0.5, 0.6) is 0 Å². The summed E-state index contributed by atoms with van der Waals surface area (Å²) in [6, 6.07) is 7.98. The van der Waals surface area contributed by atoms with Gasteiger partial charge in [0, 0.05) is 15.3 Å². The lowest BCUT2D eigenvalue weighted by molar-refractivity contribution is -0.113. The van der Waals surface area contributed by atoms with Crippen LogP contribution < -0.4 is 5.32 Å². The molecule has 1 amide bonds. The van der Waals surface area contributed by atoms with E-state index in [1.165, 1.54) is 11.8 Å². The zero-order valence-electron chi connectivity index (χ0n) is 11.2. The summed E-state index contributed by atoms with van der Waals surface area (Å²) in [5.74, 6) is 0.270. The third-order valence-corrected chi connectivity index (χ3v) is 4.23. The van der Waals surface area contributed by atoms with Gasteiger partial charge in [-0.3, -0.25) is 4.79 Å². The molecule has 0 aliphatic carbocycles. The first-order chi connectivity index (χ1) is 9.56. The molecule has 0 unspecified atom stereocenters. The molecule has 0 fully saturated rings. The van der Waals surface area contributed by atoms with E-state index in [9.17, 15) is 4.79 Å². The molecule has 2 aromatic rings. The van der Waals surface area contributed by atoms with E-state index >= 15 is 0 Å². The number of aromatic nitrogens is 3. The second kappa shape index (κ2) is 7.07. The highest BCUT2D eigenvalue weighted by Crippen LogP contribution is 2.19. The van der Waals surface area contributed by atoms with Crippen molar-refractivity contribution in [3.05, 3.63) is 34.2 Å². The summed E-state index contributed by atoms with van der Waals surface area (Å²) in [6.45, 7) is 4.11. The molecule has 0 aliphatic rings. The molecule has 1 aromatic carbocycles. The first kappa shape index (κ1) is 15.3. The first-order valence-electron chi connectivity index (χ1n) is 6.14. The SMILES string of the molecule is CC(C)n1cnnc1SCC(=O)Nc1ccc(I)cc1. The van der Waals surface area contributed by atoms with Crippen LogP contribution in [0, 0.1) is 3.57 Å². The lowest BCUT2D eigenvalue weighted by Crippen LogP contribution is -2.14. The highest BCUT2D eigenvalue weighted by atomic mass is 127. The molecule has 20 heavy (non-hydrogen) atoms. The van der Waals surface area contributed by atoms with Crippen molar-refractivity contribution in [2.24, 2.45) is 0 Å². The van der Waals surface area contributed by atoms with Crippen molar-refractivity contribution < 1.29 is 4.79 Å². The third-order valence-electron chi connectivity index (χ3n) is 2.56. The van der Waals surface area contributed by atoms with Gasteiger partial charge in [0.05, 0.1) is 5.75 Å². The number of anilines is 1. The number of carbonyl (C=O) groups excluding carboxylic acids is 1. The van der Waals surface area contributed by atoms with Crippen LogP contribution in [-0.4, -0.2) is 26.4 Å². The third kappa shape index (κ3) is 4.20. The van der Waals surface area contributed by atoms with Crippen LogP contribution in [0.2, 0.25) is 0 Å². The number of benzene rings is 1. The second-order valence-electron chi connectivity index (χ2n) is 4.46. The normalized spacial score (nSPS) is 10.8. The van der Waals surface area contributed by atoms with E-state index in [0.717, 1.165) is 14.4 Å². The molecule has 0 aliphatic heterocycles. The van der Waals surface area contributed by atoms with Crippen molar-refractivity contribution in [1.29, 1.82) is 0 Å². The molecule has 1 heterocycles. The number of hydrogen-bond donors (Lipinski definition) is 1. The quantitative estimate of drug-likeness (QED) is 0.617. The highest BCUT2D eigenvalue weighted by molar-refractivity contribution is 14.1. The lowest BCUT2D eigenvalue weighted by atomic mass is 10.3. The van der Waals surface area contributed by atoms with E-state index in [2.05, 4.69) is 52.0 Å². The van der Waals surface area contributed by atoms with Crippen molar-refractivity contribution in [1.82, 2.24) is 14.8 Å². The Bertz CT molecular complexity index is 582. The summed E-state index contributed by atoms with van der Waals surface area (Å²) in [7, 11) is 0. The molecule has 0 saturated carbocycles. The lowest BCUT2D eigenvalue weighted by Gasteiger charge is -2.09. The minimum absolute atomic E-state index is 0.0467. The highest BCUT2D eigenvalue weighted by Gasteiger charge is 2.10. The summed E-state index contributed by atoms with van der Waals surface area (Å²) < 4.78 is 3.09. The first-order valence-corrected chi connectivity index (χ1v) is 8.20. The Hall–Kier alpha value is -1.09. The maximum Gasteiger partial charge on any atom is 0.234 e. The fourth-order valence-electron chi connectivity index (χ4n) is 1.55. The van der Waals surface area contributed by atoms with Crippen molar-refractivity contribution in [3.63, 3.8) is 0 Å². The molecule has 5 nitrogen and oxygen atoms in total. The molecule has 0 radical (unpaired) electrons. The molecule has 2 rings (SSSR count). The minimum Gasteiger partial charge on any atom is -0.325 e. The van der Waals surface area contributed by atoms with Crippen molar-refractivity contribution in [3.8, 4) is 0 Å². The van der Waals surface area contributed by atoms with E-state index in [-0.39, 0.29) is 11.9 Å². The van der Waals surface area contributed by atoms with Gasteiger partial charge in [0.25, 0.3) is 0 Å². The number of rotatable bonds is 5. The van der Waals surface area contributed by atoms with Crippen LogP contribution in [0.4, 0.5) is 5.69 Å². The van der Waals surface area contributed by atoms with Gasteiger partial charge < -0.3 is 9.88 Å². The van der Waals surface area contributed by atoms with Gasteiger partial charge in [0.2, 0.25) is 5.91 Å². The van der Waals surface area contributed by atoms with E-state index in [1.807, 2.05) is 28.8 Å². The topological polar surface area (TPSA) is 59.8 Å². The van der Waals surface area contributed by atoms with Gasteiger partial charge in [-0.1, -0.05) is 11.8 Å². The molecule has 7 heteroatoms. The summed E-state index contributed by atoms with van der Waals surface area (Å²) in [4.78, 5) is 11.9. The van der Waals surface area contributed by atoms with Crippen molar-refractivity contribution >= 4 is 45.9 Å². The molecule has 0 bridgehead atoms. The van der Waals surface area contributed by atoms with Crippen molar-refractivity contribution in [2.45, 2.75) is 25.0 Å². The Morgan fingerprint density at radius 1 is 1.40 bits per heavy atom. The van der Waals surface area contributed by atoms with Gasteiger partial charge in [0.15, 0.2) is 5.16 Å². The summed E-state index contributed by atoms with van der Waals surface area (Å²) in [6.07, 6.45) is 1.68. The smallest absolute Gasteiger partial charge is 0.234 e. The van der Waals surface area contributed by atoms with E-state index in [1.54, 1.807) is 6.33 Å². The number of nitrogens with zero attached hydrogens (tertiary/aromatic N) is 3. The predicted octanol–water partition coefficient (Wildman–Crippen LogP) is 3.19. The number of carbonyl (C=O) groups is 1. The van der Waals surface area contributed by atoms with Crippen LogP contribution in [0.1, 0.15) is 19.9 Å². The van der Waals surface area contributed by atoms with E-state index in [4.69, 9.17) is 0 Å². The number of thioether (sulfide) groups is 1. The van der Waals surface area contributed by atoms with Gasteiger partial charge in [-0.2, -0.15) is 0 Å². The number of nitrogens with one attached hydrogen (secondary N) is 1. The van der Waals surface area contributed by atoms with Gasteiger partial charge in [0.1, 0.15) is 6.33 Å². The molecule has 106 valence electrons. The predicted molar refractivity (Wildman–Crippen MR) is 88.9 cm³/mol. The average Bonchev–Trinajstić information content (AvgIpc) is 2.88. The largest absolute Gasteiger partial charge is 0.325 e. The monoisotopic (exact) mass is 402 g/mol. The number of halogens is 1. The van der Waals surface area contributed by atoms with Crippen LogP contribution in [-0.2, 0) is 4.79 Å². The Labute approximate surface area is 135 Å². The maximum absolute atomic E-state index is 11.9. The van der Waals surface area contributed by atoms with Crippen LogP contribution in [0.15, 0.2) is 35.7 Å². The van der Waals surface area contributed by atoms with Crippen molar-refractivity contribution in [2.75, 3.05) is 11.1 Å². The van der Waals surface area contributed by atoms with Gasteiger partial charge >= 0.3 is 0 Å². The fraction of sp³-hybridized carbons (Fsp3) is 0.308. The average molecular weight is 402 g/mol. The molecule has 0 saturated heterocycles. The minimum atomic E-state index is -0.0467. The Balaban J connectivity index is 1.89. The van der Waals surface area contributed by atoms with Crippen LogP contribution >= 0.6 is 34.4 Å². The Kier molecular flexibility index (Phi) is 5.41. The number of amides is 1. The van der Waals surface area contributed by atoms with Gasteiger partial charge in [-0.25, -0.2) is 0 Å². The second-order valence-corrected chi connectivity index (χ2v) is 6.65. The molecule has 1 aromatic heterocycles. The maximum atomic E-state index is 11.9. The van der Waals surface area contributed by atoms with E-state index < -0.39 is 0 Å². The zero-order valence-corrected chi connectivity index (χ0v) is 14.2. The standard InChI is InChI=1S/C13H15IN4OS/c1-9(2)18-8-15-17-13(18)20-7-12(19)16-11-5-3-10(14)4-6-11/h3-6,8-9H,7H2,1-2H3,(H,16,19). The summed E-state index contributed by atoms with van der Waals surface area (Å²) >= 11 is 3.62. The fourth-order valence-corrected chi connectivity index (χ4v) is 2.75. The molecule has 0 spiro atoms. The van der Waals surface area contributed by atoms with Gasteiger partial charge in [-0.15, -0.1) is 10.2 Å². The van der Waals surface area contributed by atoms with Crippen LogP contribution in [0.25, 0.3) is 0 Å². The Morgan fingerprint density at radius 2 is 2.10 bits per heavy atom. The number of hydrogen-bond acceptors (Lipinski definition) is 4. The molecular weight excluding hydrogens is 387 g/mol. The zero-order chi connectivity index (χ0) is 14.5. The summed E-state index contributed by atoms with van der Waals surface area (Å²) in [5, 5.41) is 11.5. The molecular formula is C13H15IN4OS. The molecule has 0 atom stereocenters.